The van der Waals surface area contributed by atoms with Crippen molar-refractivity contribution in [1.82, 2.24) is 10.2 Å². The predicted molar refractivity (Wildman–Crippen MR) is 89.3 cm³/mol. The Kier molecular flexibility index (Phi) is 3.78. The van der Waals surface area contributed by atoms with Crippen LogP contribution >= 0.6 is 0 Å². The molecule has 0 saturated heterocycles. The number of para-hydroxylation sites is 1. The third-order valence-electron chi connectivity index (χ3n) is 3.49. The normalized spacial score (nSPS) is 11.8. The average molecular weight is 294 g/mol. The molecule has 112 valence electrons. The number of nitrogens with zero attached hydrogens (tertiary/aromatic N) is 2. The van der Waals surface area contributed by atoms with Crippen molar-refractivity contribution in [3.05, 3.63) is 66.0 Å². The lowest BCUT2D eigenvalue weighted by Crippen LogP contribution is -2.25. The maximum absolute atomic E-state index is 6.14. The highest BCUT2D eigenvalue weighted by Gasteiger charge is 2.09. The fourth-order valence-electron chi connectivity index (χ4n) is 2.27. The van der Waals surface area contributed by atoms with Crippen LogP contribution in [0.3, 0.4) is 0 Å². The van der Waals surface area contributed by atoms with E-state index in [9.17, 15) is 0 Å². The van der Waals surface area contributed by atoms with Gasteiger partial charge in [0.25, 0.3) is 0 Å². The van der Waals surface area contributed by atoms with Crippen LogP contribution in [0.4, 0.5) is 5.69 Å². The molecule has 0 fully saturated rings. The monoisotopic (exact) mass is 294 g/mol. The van der Waals surface area contributed by atoms with Crippen molar-refractivity contribution in [1.29, 1.82) is 0 Å². The Morgan fingerprint density at radius 1 is 1.14 bits per heavy atom. The number of rotatable bonds is 4. The predicted octanol–water partition coefficient (Wildman–Crippen LogP) is 1.66. The van der Waals surface area contributed by atoms with Gasteiger partial charge >= 0.3 is 0 Å². The minimum atomic E-state index is 0.489. The van der Waals surface area contributed by atoms with Gasteiger partial charge in [-0.15, -0.1) is 0 Å². The molecule has 22 heavy (non-hydrogen) atoms. The van der Waals surface area contributed by atoms with Gasteiger partial charge in [-0.05, 0) is 23.8 Å². The van der Waals surface area contributed by atoms with E-state index in [1.54, 1.807) is 6.20 Å². The summed E-state index contributed by atoms with van der Waals surface area (Å²) in [7, 11) is 0. The molecular weight excluding hydrogens is 276 g/mol. The fourth-order valence-corrected chi connectivity index (χ4v) is 2.27. The van der Waals surface area contributed by atoms with Crippen LogP contribution in [0.25, 0.3) is 16.6 Å². The minimum absolute atomic E-state index is 0.489. The van der Waals surface area contributed by atoms with Gasteiger partial charge in [0.1, 0.15) is 5.69 Å². The Hall–Kier alpha value is -2.83. The van der Waals surface area contributed by atoms with Crippen LogP contribution in [0.1, 0.15) is 11.3 Å². The molecule has 3 aromatic rings. The van der Waals surface area contributed by atoms with Crippen LogP contribution in [-0.4, -0.2) is 10.2 Å². The van der Waals surface area contributed by atoms with E-state index in [1.807, 2.05) is 48.5 Å². The molecule has 0 aliphatic heterocycles. The van der Waals surface area contributed by atoms with Gasteiger partial charge in [0.05, 0.1) is 16.9 Å². The lowest BCUT2D eigenvalue weighted by molar-refractivity contribution is 1.04. The molecule has 0 atom stereocenters. The molecule has 0 aliphatic rings. The molecule has 6 heteroatoms. The summed E-state index contributed by atoms with van der Waals surface area (Å²) in [6.45, 7) is 0.502. The lowest BCUT2D eigenvalue weighted by atomic mass is 10.2. The Bertz CT molecular complexity index is 803. The van der Waals surface area contributed by atoms with E-state index >= 15 is 0 Å². The molecule has 1 heterocycles. The number of H-pyrrole nitrogens is 1. The SMILES string of the molecule is NCc1ccc(N(N)/C=C(\N)c2n[nH]c3ccccc23)cc1. The molecule has 6 nitrogen and oxygen atoms in total. The second kappa shape index (κ2) is 5.88. The summed E-state index contributed by atoms with van der Waals surface area (Å²) in [4.78, 5) is 0. The summed E-state index contributed by atoms with van der Waals surface area (Å²) in [5, 5.41) is 9.64. The molecule has 2 aromatic carbocycles. The summed E-state index contributed by atoms with van der Waals surface area (Å²) in [6.07, 6.45) is 1.65. The number of aromatic amines is 1. The number of hydrazine groups is 1. The smallest absolute Gasteiger partial charge is 0.117 e. The molecule has 1 aromatic heterocycles. The van der Waals surface area contributed by atoms with E-state index in [0.717, 1.165) is 22.2 Å². The van der Waals surface area contributed by atoms with Crippen LogP contribution in [-0.2, 0) is 6.54 Å². The number of nitrogens with two attached hydrogens (primary N) is 3. The summed E-state index contributed by atoms with van der Waals surface area (Å²) in [6, 6.07) is 15.5. The summed E-state index contributed by atoms with van der Waals surface area (Å²) >= 11 is 0. The van der Waals surface area contributed by atoms with Crippen molar-refractivity contribution < 1.29 is 0 Å². The first-order chi connectivity index (χ1) is 10.7. The second-order valence-electron chi connectivity index (χ2n) is 4.98. The molecule has 0 aliphatic carbocycles. The van der Waals surface area contributed by atoms with Crippen LogP contribution in [0.15, 0.2) is 54.7 Å². The number of aromatic nitrogens is 2. The maximum Gasteiger partial charge on any atom is 0.117 e. The van der Waals surface area contributed by atoms with Crippen molar-refractivity contribution in [2.45, 2.75) is 6.54 Å². The molecule has 0 spiro atoms. The van der Waals surface area contributed by atoms with E-state index in [1.165, 1.54) is 5.01 Å². The first-order valence-electron chi connectivity index (χ1n) is 6.93. The Labute approximate surface area is 128 Å². The van der Waals surface area contributed by atoms with E-state index < -0.39 is 0 Å². The number of anilines is 1. The molecular formula is C16H18N6. The van der Waals surface area contributed by atoms with Crippen LogP contribution < -0.4 is 22.3 Å². The van der Waals surface area contributed by atoms with Crippen LogP contribution in [0.5, 0.6) is 0 Å². The van der Waals surface area contributed by atoms with Crippen molar-refractivity contribution >= 4 is 22.3 Å². The first kappa shape index (κ1) is 14.1. The van der Waals surface area contributed by atoms with Gasteiger partial charge in [0.2, 0.25) is 0 Å². The molecule has 0 bridgehead atoms. The Morgan fingerprint density at radius 2 is 1.86 bits per heavy atom. The van der Waals surface area contributed by atoms with Crippen molar-refractivity contribution in [2.24, 2.45) is 17.3 Å². The van der Waals surface area contributed by atoms with Gasteiger partial charge in [-0.1, -0.05) is 30.3 Å². The van der Waals surface area contributed by atoms with E-state index in [4.69, 9.17) is 17.3 Å². The average Bonchev–Trinajstić information content (AvgIpc) is 2.99. The van der Waals surface area contributed by atoms with Crippen LogP contribution in [0, 0.1) is 0 Å². The minimum Gasteiger partial charge on any atom is -0.396 e. The topological polar surface area (TPSA) is 110 Å². The third kappa shape index (κ3) is 2.65. The quantitative estimate of drug-likeness (QED) is 0.432. The second-order valence-corrected chi connectivity index (χ2v) is 4.98. The molecule has 0 amide bonds. The zero-order chi connectivity index (χ0) is 15.5. The van der Waals surface area contributed by atoms with Crippen molar-refractivity contribution in [3.8, 4) is 0 Å². The van der Waals surface area contributed by atoms with Gasteiger partial charge in [0, 0.05) is 18.1 Å². The number of fused-ring (bicyclic) bond motifs is 1. The highest BCUT2D eigenvalue weighted by molar-refractivity contribution is 5.89. The number of benzene rings is 2. The maximum atomic E-state index is 6.14. The van der Waals surface area contributed by atoms with Gasteiger partial charge in [-0.2, -0.15) is 5.10 Å². The number of hydrogen-bond acceptors (Lipinski definition) is 5. The number of hydrogen-bond donors (Lipinski definition) is 4. The standard InChI is InChI=1S/C16H18N6/c17-9-11-5-7-12(8-6-11)22(19)10-14(18)16-13-3-1-2-4-15(13)20-21-16/h1-8,10H,9,17-19H2,(H,20,21)/b14-10-. The fraction of sp³-hybridized carbons (Fsp3) is 0.0625. The van der Waals surface area contributed by atoms with Gasteiger partial charge < -0.3 is 11.5 Å². The summed E-state index contributed by atoms with van der Waals surface area (Å²) in [5.41, 5.74) is 15.7. The summed E-state index contributed by atoms with van der Waals surface area (Å²) in [5.74, 6) is 6.05. The van der Waals surface area contributed by atoms with Gasteiger partial charge in [0.15, 0.2) is 0 Å². The largest absolute Gasteiger partial charge is 0.396 e. The number of nitrogens with one attached hydrogen (secondary N) is 1. The first-order valence-corrected chi connectivity index (χ1v) is 6.93. The Balaban J connectivity index is 1.89. The molecule has 3 rings (SSSR count). The van der Waals surface area contributed by atoms with E-state index in [-0.39, 0.29) is 0 Å². The molecule has 7 N–H and O–H groups in total. The lowest BCUT2D eigenvalue weighted by Gasteiger charge is -2.15. The van der Waals surface area contributed by atoms with Crippen molar-refractivity contribution in [3.63, 3.8) is 0 Å². The van der Waals surface area contributed by atoms with Gasteiger partial charge in [-0.25, -0.2) is 5.84 Å². The van der Waals surface area contributed by atoms with Crippen LogP contribution in [0.2, 0.25) is 0 Å². The summed E-state index contributed by atoms with van der Waals surface area (Å²) < 4.78 is 0. The molecule has 0 unspecified atom stereocenters. The van der Waals surface area contributed by atoms with E-state index in [2.05, 4.69) is 10.2 Å². The third-order valence-corrected chi connectivity index (χ3v) is 3.49. The van der Waals surface area contributed by atoms with Crippen molar-refractivity contribution in [2.75, 3.05) is 5.01 Å². The van der Waals surface area contributed by atoms with E-state index in [0.29, 0.717) is 17.9 Å². The Morgan fingerprint density at radius 3 is 2.59 bits per heavy atom. The highest BCUT2D eigenvalue weighted by atomic mass is 15.4. The zero-order valence-electron chi connectivity index (χ0n) is 12.0. The van der Waals surface area contributed by atoms with Gasteiger partial charge in [-0.3, -0.25) is 10.1 Å². The highest BCUT2D eigenvalue weighted by Crippen LogP contribution is 2.20. The zero-order valence-corrected chi connectivity index (χ0v) is 12.0. The molecule has 0 saturated carbocycles. The molecule has 0 radical (unpaired) electrons.